The van der Waals surface area contributed by atoms with Gasteiger partial charge in [0.05, 0.1) is 4.43 Å². The van der Waals surface area contributed by atoms with Crippen molar-refractivity contribution in [3.05, 3.63) is 34.9 Å². The summed E-state index contributed by atoms with van der Waals surface area (Å²) in [6.45, 7) is 4.20. The van der Waals surface area contributed by atoms with Crippen LogP contribution in [0.25, 0.3) is 0 Å². The largest absolute Gasteiger partial charge is 0.0872 e. The number of benzene rings is 1. The van der Waals surface area contributed by atoms with E-state index in [1.54, 1.807) is 0 Å². The highest BCUT2D eigenvalue weighted by Crippen LogP contribution is 2.08. The maximum atomic E-state index is 3.13. The molecule has 1 aromatic rings. The summed E-state index contributed by atoms with van der Waals surface area (Å²) in [7, 11) is 0. The van der Waals surface area contributed by atoms with Gasteiger partial charge in [0, 0.05) is 5.56 Å². The minimum absolute atomic E-state index is 0.894. The van der Waals surface area contributed by atoms with Gasteiger partial charge in [-0.05, 0) is 25.5 Å². The number of hydrogen-bond acceptors (Lipinski definition) is 0. The van der Waals surface area contributed by atoms with Crippen LogP contribution < -0.4 is 0 Å². The number of halogens is 1. The van der Waals surface area contributed by atoms with Gasteiger partial charge in [-0.1, -0.05) is 52.1 Å². The van der Waals surface area contributed by atoms with E-state index in [1.807, 2.05) is 0 Å². The van der Waals surface area contributed by atoms with Crippen LogP contribution in [-0.4, -0.2) is 4.43 Å². The lowest BCUT2D eigenvalue weighted by Gasteiger charge is -1.98. The van der Waals surface area contributed by atoms with Crippen LogP contribution in [0.1, 0.15) is 16.7 Å². The molecule has 0 atom stereocenters. The molecule has 0 fully saturated rings. The molecule has 0 radical (unpaired) electrons. The first-order chi connectivity index (χ1) is 5.74. The van der Waals surface area contributed by atoms with E-state index in [0.29, 0.717) is 0 Å². The van der Waals surface area contributed by atoms with E-state index >= 15 is 0 Å². The van der Waals surface area contributed by atoms with Crippen molar-refractivity contribution in [1.82, 2.24) is 0 Å². The Morgan fingerprint density at radius 1 is 1.33 bits per heavy atom. The fourth-order valence-electron chi connectivity index (χ4n) is 1.08. The molecule has 12 heavy (non-hydrogen) atoms. The molecule has 0 amide bonds. The van der Waals surface area contributed by atoms with Crippen molar-refractivity contribution in [2.45, 2.75) is 13.8 Å². The number of rotatable bonds is 0. The van der Waals surface area contributed by atoms with Gasteiger partial charge < -0.3 is 0 Å². The molecule has 1 aromatic carbocycles. The van der Waals surface area contributed by atoms with Crippen LogP contribution >= 0.6 is 22.6 Å². The zero-order chi connectivity index (χ0) is 8.97. The van der Waals surface area contributed by atoms with Crippen molar-refractivity contribution >= 4 is 22.6 Å². The molecule has 0 aliphatic carbocycles. The maximum absolute atomic E-state index is 3.13. The van der Waals surface area contributed by atoms with Crippen molar-refractivity contribution in [1.29, 1.82) is 0 Å². The minimum Gasteiger partial charge on any atom is -0.0872 e. The molecule has 0 spiro atoms. The molecule has 0 nitrogen and oxygen atoms in total. The van der Waals surface area contributed by atoms with E-state index in [1.165, 1.54) is 11.1 Å². The van der Waals surface area contributed by atoms with E-state index in [2.05, 4.69) is 66.5 Å². The van der Waals surface area contributed by atoms with Gasteiger partial charge in [-0.3, -0.25) is 0 Å². The van der Waals surface area contributed by atoms with Crippen LogP contribution in [0, 0.1) is 25.7 Å². The third kappa shape index (κ3) is 2.53. The Labute approximate surface area is 87.5 Å². The average Bonchev–Trinajstić information content (AvgIpc) is 2.03. The SMILES string of the molecule is Cc1ccc(C#CCI)c(C)c1. The van der Waals surface area contributed by atoms with E-state index < -0.39 is 0 Å². The smallest absolute Gasteiger partial charge is 0.0613 e. The van der Waals surface area contributed by atoms with Gasteiger partial charge >= 0.3 is 0 Å². The summed E-state index contributed by atoms with van der Waals surface area (Å²) < 4.78 is 0.894. The lowest BCUT2D eigenvalue weighted by molar-refractivity contribution is 1.36. The van der Waals surface area contributed by atoms with Gasteiger partial charge in [0.2, 0.25) is 0 Å². The van der Waals surface area contributed by atoms with Gasteiger partial charge in [0.1, 0.15) is 0 Å². The van der Waals surface area contributed by atoms with Crippen molar-refractivity contribution < 1.29 is 0 Å². The predicted octanol–water partition coefficient (Wildman–Crippen LogP) is 3.09. The van der Waals surface area contributed by atoms with E-state index in [-0.39, 0.29) is 0 Å². The summed E-state index contributed by atoms with van der Waals surface area (Å²) in [5.41, 5.74) is 3.72. The Morgan fingerprint density at radius 2 is 2.08 bits per heavy atom. The quantitative estimate of drug-likeness (QED) is 0.386. The second kappa shape index (κ2) is 4.51. The molecule has 1 heteroatoms. The minimum atomic E-state index is 0.894. The van der Waals surface area contributed by atoms with E-state index in [4.69, 9.17) is 0 Å². The third-order valence-corrected chi connectivity index (χ3v) is 2.05. The summed E-state index contributed by atoms with van der Waals surface area (Å²) in [5.74, 6) is 6.19. The summed E-state index contributed by atoms with van der Waals surface area (Å²) in [6, 6.07) is 6.35. The second-order valence-corrected chi connectivity index (χ2v) is 3.52. The topological polar surface area (TPSA) is 0 Å². The summed E-state index contributed by atoms with van der Waals surface area (Å²) in [5, 5.41) is 0. The molecule has 0 aliphatic heterocycles. The Bertz CT molecular complexity index is 329. The highest BCUT2D eigenvalue weighted by Gasteiger charge is 1.92. The summed E-state index contributed by atoms with van der Waals surface area (Å²) in [6.07, 6.45) is 0. The summed E-state index contributed by atoms with van der Waals surface area (Å²) in [4.78, 5) is 0. The van der Waals surface area contributed by atoms with Gasteiger partial charge in [-0.2, -0.15) is 0 Å². The first-order valence-electron chi connectivity index (χ1n) is 3.86. The molecule has 1 rings (SSSR count). The van der Waals surface area contributed by atoms with Gasteiger partial charge in [0.15, 0.2) is 0 Å². The van der Waals surface area contributed by atoms with Crippen molar-refractivity contribution in [3.63, 3.8) is 0 Å². The van der Waals surface area contributed by atoms with Gasteiger partial charge in [-0.25, -0.2) is 0 Å². The molecular weight excluding hydrogens is 259 g/mol. The van der Waals surface area contributed by atoms with E-state index in [0.717, 1.165) is 9.99 Å². The molecule has 0 aromatic heterocycles. The highest BCUT2D eigenvalue weighted by molar-refractivity contribution is 14.1. The Balaban J connectivity index is 3.01. The Kier molecular flexibility index (Phi) is 3.61. The van der Waals surface area contributed by atoms with Gasteiger partial charge in [0.25, 0.3) is 0 Å². The zero-order valence-corrected chi connectivity index (χ0v) is 9.47. The van der Waals surface area contributed by atoms with Crippen LogP contribution in [0.15, 0.2) is 18.2 Å². The number of aryl methyl sites for hydroxylation is 2. The van der Waals surface area contributed by atoms with Crippen LogP contribution in [0.5, 0.6) is 0 Å². The van der Waals surface area contributed by atoms with Crippen molar-refractivity contribution in [2.24, 2.45) is 0 Å². The Morgan fingerprint density at radius 3 is 2.67 bits per heavy atom. The first kappa shape index (κ1) is 9.60. The average molecular weight is 270 g/mol. The van der Waals surface area contributed by atoms with Crippen molar-refractivity contribution in [3.8, 4) is 11.8 Å². The van der Waals surface area contributed by atoms with Crippen LogP contribution in [0.4, 0.5) is 0 Å². The van der Waals surface area contributed by atoms with Crippen LogP contribution in [0.2, 0.25) is 0 Å². The highest BCUT2D eigenvalue weighted by atomic mass is 127. The lowest BCUT2D eigenvalue weighted by atomic mass is 10.1. The fourth-order valence-corrected chi connectivity index (χ4v) is 1.27. The lowest BCUT2D eigenvalue weighted by Crippen LogP contribution is -1.83. The Hall–Kier alpha value is -0.490. The first-order valence-corrected chi connectivity index (χ1v) is 5.38. The number of alkyl halides is 1. The molecule has 0 bridgehead atoms. The third-order valence-electron chi connectivity index (χ3n) is 1.67. The monoisotopic (exact) mass is 270 g/mol. The van der Waals surface area contributed by atoms with E-state index in [9.17, 15) is 0 Å². The predicted molar refractivity (Wildman–Crippen MR) is 61.7 cm³/mol. The fraction of sp³-hybridized carbons (Fsp3) is 0.273. The second-order valence-electron chi connectivity index (χ2n) is 2.75. The molecule has 0 N–H and O–H groups in total. The van der Waals surface area contributed by atoms with Crippen LogP contribution in [0.3, 0.4) is 0 Å². The standard InChI is InChI=1S/C11H11I/c1-9-5-6-11(4-3-7-12)10(2)8-9/h5-6,8H,7H2,1-2H3. The molecular formula is C11H11I. The molecule has 62 valence electrons. The van der Waals surface area contributed by atoms with Crippen LogP contribution in [-0.2, 0) is 0 Å². The normalized spacial score (nSPS) is 8.92. The van der Waals surface area contributed by atoms with Crippen molar-refractivity contribution in [2.75, 3.05) is 4.43 Å². The zero-order valence-electron chi connectivity index (χ0n) is 7.32. The molecule has 0 heterocycles. The molecule has 0 unspecified atom stereocenters. The molecule has 0 saturated carbocycles. The number of hydrogen-bond donors (Lipinski definition) is 0. The molecule has 0 saturated heterocycles. The van der Waals surface area contributed by atoms with Gasteiger partial charge in [-0.15, -0.1) is 0 Å². The maximum Gasteiger partial charge on any atom is 0.0613 e. The summed E-state index contributed by atoms with van der Waals surface area (Å²) >= 11 is 2.26. The molecule has 0 aliphatic rings.